The predicted octanol–water partition coefficient (Wildman–Crippen LogP) is 1.37. The normalized spacial score (nSPS) is 18.6. The molecular weight excluding hydrogens is 166 g/mol. The summed E-state index contributed by atoms with van der Waals surface area (Å²) in [7, 11) is 0. The molecule has 1 rings (SSSR count). The van der Waals surface area contributed by atoms with Crippen molar-refractivity contribution in [3.8, 4) is 0 Å². The summed E-state index contributed by atoms with van der Waals surface area (Å²) in [6.45, 7) is 3.24. The fourth-order valence-electron chi connectivity index (χ4n) is 1.14. The maximum atomic E-state index is 10.4. The van der Waals surface area contributed by atoms with Crippen LogP contribution in [0.2, 0.25) is 0 Å². The Balaban J connectivity index is 0.000001000. The van der Waals surface area contributed by atoms with E-state index in [0.29, 0.717) is 0 Å². The van der Waals surface area contributed by atoms with Gasteiger partial charge < -0.3 is 4.84 Å². The number of carbonyl (C=O) groups is 1. The highest BCUT2D eigenvalue weighted by Gasteiger charge is 2.11. The van der Waals surface area contributed by atoms with E-state index in [2.05, 4.69) is 0 Å². The Kier molecular flexibility index (Phi) is 5.24. The molecule has 0 aromatic rings. The smallest absolute Gasteiger partial charge is 0.322 e. The third-order valence-electron chi connectivity index (χ3n) is 1.57. The number of carbonyl (C=O) groups excluding carboxylic acids is 1. The zero-order valence-electron chi connectivity index (χ0n) is 6.71. The fraction of sp³-hybridized carbons (Fsp3) is 0.857. The first kappa shape index (κ1) is 10.7. The van der Waals surface area contributed by atoms with Crippen LogP contribution in [-0.2, 0) is 9.63 Å². The van der Waals surface area contributed by atoms with Crippen LogP contribution < -0.4 is 0 Å². The van der Waals surface area contributed by atoms with E-state index < -0.39 is 0 Å². The lowest BCUT2D eigenvalue weighted by atomic mass is 10.2. The maximum absolute atomic E-state index is 10.4. The second-order valence-electron chi connectivity index (χ2n) is 2.57. The largest absolute Gasteiger partial charge is 0.368 e. The highest BCUT2D eigenvalue weighted by Crippen LogP contribution is 2.08. The van der Waals surface area contributed by atoms with Gasteiger partial charge in [-0.1, -0.05) is 6.42 Å². The Bertz CT molecular complexity index is 124. The van der Waals surface area contributed by atoms with Gasteiger partial charge in [0.05, 0.1) is 0 Å². The van der Waals surface area contributed by atoms with Crippen LogP contribution >= 0.6 is 12.4 Å². The minimum absolute atomic E-state index is 0. The van der Waals surface area contributed by atoms with Gasteiger partial charge in [-0.15, -0.1) is 17.5 Å². The van der Waals surface area contributed by atoms with E-state index in [-0.39, 0.29) is 18.4 Å². The average molecular weight is 180 g/mol. The molecule has 0 atom stereocenters. The summed E-state index contributed by atoms with van der Waals surface area (Å²) in [6, 6.07) is 0. The van der Waals surface area contributed by atoms with Crippen molar-refractivity contribution in [1.82, 2.24) is 5.06 Å². The molecule has 11 heavy (non-hydrogen) atoms. The maximum Gasteiger partial charge on any atom is 0.322 e. The van der Waals surface area contributed by atoms with Gasteiger partial charge in [0.2, 0.25) is 0 Å². The zero-order chi connectivity index (χ0) is 7.40. The molecule has 0 bridgehead atoms. The van der Waals surface area contributed by atoms with E-state index in [9.17, 15) is 4.79 Å². The number of nitrogens with zero attached hydrogens (tertiary/aromatic N) is 1. The molecule has 0 spiro atoms. The number of halogens is 1. The predicted molar refractivity (Wildman–Crippen MR) is 44.4 cm³/mol. The second kappa shape index (κ2) is 5.38. The third kappa shape index (κ3) is 4.22. The Hall–Kier alpha value is -0.280. The van der Waals surface area contributed by atoms with Crippen molar-refractivity contribution >= 4 is 18.4 Å². The monoisotopic (exact) mass is 179 g/mol. The zero-order valence-corrected chi connectivity index (χ0v) is 7.52. The van der Waals surface area contributed by atoms with Crippen LogP contribution in [0.15, 0.2) is 0 Å². The molecule has 0 unspecified atom stereocenters. The molecule has 1 aliphatic heterocycles. The highest BCUT2D eigenvalue weighted by atomic mass is 35.5. The molecule has 0 aromatic carbocycles. The summed E-state index contributed by atoms with van der Waals surface area (Å²) in [5.41, 5.74) is 0. The molecule has 0 N–H and O–H groups in total. The van der Waals surface area contributed by atoms with E-state index in [1.165, 1.54) is 13.3 Å². The van der Waals surface area contributed by atoms with Gasteiger partial charge in [-0.3, -0.25) is 4.79 Å². The van der Waals surface area contributed by atoms with E-state index >= 15 is 0 Å². The third-order valence-corrected chi connectivity index (χ3v) is 1.57. The average Bonchev–Trinajstić information content (AvgIpc) is 1.88. The molecule has 0 amide bonds. The van der Waals surface area contributed by atoms with Crippen LogP contribution in [0.3, 0.4) is 0 Å². The lowest BCUT2D eigenvalue weighted by Gasteiger charge is -2.23. The SMILES string of the molecule is CC(=O)ON1CCCCC1.Cl. The lowest BCUT2D eigenvalue weighted by molar-refractivity contribution is -0.191. The van der Waals surface area contributed by atoms with Gasteiger partial charge in [-0.25, -0.2) is 0 Å². The highest BCUT2D eigenvalue weighted by molar-refractivity contribution is 5.85. The van der Waals surface area contributed by atoms with E-state index in [1.807, 2.05) is 0 Å². The Morgan fingerprint density at radius 1 is 1.27 bits per heavy atom. The van der Waals surface area contributed by atoms with Crippen molar-refractivity contribution in [2.45, 2.75) is 26.2 Å². The molecule has 0 radical (unpaired) electrons. The molecule has 1 aliphatic rings. The van der Waals surface area contributed by atoms with Crippen molar-refractivity contribution in [2.24, 2.45) is 0 Å². The van der Waals surface area contributed by atoms with Crippen LogP contribution in [-0.4, -0.2) is 24.1 Å². The molecule has 0 aromatic heterocycles. The van der Waals surface area contributed by atoms with Crippen LogP contribution in [0.4, 0.5) is 0 Å². The Morgan fingerprint density at radius 3 is 2.27 bits per heavy atom. The number of piperidine rings is 1. The first-order valence-electron chi connectivity index (χ1n) is 3.72. The fourth-order valence-corrected chi connectivity index (χ4v) is 1.14. The molecule has 3 nitrogen and oxygen atoms in total. The van der Waals surface area contributed by atoms with Gasteiger partial charge in [-0.05, 0) is 12.8 Å². The van der Waals surface area contributed by atoms with Gasteiger partial charge in [-0.2, -0.15) is 0 Å². The first-order valence-corrected chi connectivity index (χ1v) is 3.72. The van der Waals surface area contributed by atoms with Gasteiger partial charge in [0.15, 0.2) is 0 Å². The van der Waals surface area contributed by atoms with Crippen LogP contribution in [0.1, 0.15) is 26.2 Å². The molecule has 0 saturated carbocycles. The topological polar surface area (TPSA) is 29.5 Å². The van der Waals surface area contributed by atoms with Gasteiger partial charge >= 0.3 is 5.97 Å². The second-order valence-corrected chi connectivity index (χ2v) is 2.57. The summed E-state index contributed by atoms with van der Waals surface area (Å²) in [6.07, 6.45) is 3.55. The molecule has 1 saturated heterocycles. The number of hydrogen-bond acceptors (Lipinski definition) is 3. The Morgan fingerprint density at radius 2 is 1.82 bits per heavy atom. The van der Waals surface area contributed by atoms with E-state index in [1.54, 1.807) is 5.06 Å². The summed E-state index contributed by atoms with van der Waals surface area (Å²) < 4.78 is 0. The minimum Gasteiger partial charge on any atom is -0.368 e. The van der Waals surface area contributed by atoms with Crippen LogP contribution in [0.25, 0.3) is 0 Å². The van der Waals surface area contributed by atoms with Crippen molar-refractivity contribution in [3.63, 3.8) is 0 Å². The molecule has 1 heterocycles. The number of rotatable bonds is 1. The standard InChI is InChI=1S/C7H13NO2.ClH/c1-7(9)10-8-5-3-2-4-6-8;/h2-6H2,1H3;1H. The van der Waals surface area contributed by atoms with Crippen molar-refractivity contribution in [2.75, 3.05) is 13.1 Å². The molecule has 0 aliphatic carbocycles. The summed E-state index contributed by atoms with van der Waals surface area (Å²) in [5, 5.41) is 1.74. The summed E-state index contributed by atoms with van der Waals surface area (Å²) in [4.78, 5) is 15.3. The quantitative estimate of drug-likeness (QED) is 0.609. The van der Waals surface area contributed by atoms with Gasteiger partial charge in [0.25, 0.3) is 0 Å². The van der Waals surface area contributed by atoms with Crippen molar-refractivity contribution in [1.29, 1.82) is 0 Å². The summed E-state index contributed by atoms with van der Waals surface area (Å²) >= 11 is 0. The number of hydroxylamine groups is 2. The molecule has 4 heteroatoms. The van der Waals surface area contributed by atoms with E-state index in [0.717, 1.165) is 25.9 Å². The lowest BCUT2D eigenvalue weighted by Crippen LogP contribution is -2.31. The Labute approximate surface area is 73.1 Å². The van der Waals surface area contributed by atoms with Gasteiger partial charge in [0, 0.05) is 20.0 Å². The van der Waals surface area contributed by atoms with Crippen LogP contribution in [0, 0.1) is 0 Å². The molecule has 66 valence electrons. The van der Waals surface area contributed by atoms with Crippen molar-refractivity contribution < 1.29 is 9.63 Å². The van der Waals surface area contributed by atoms with E-state index in [4.69, 9.17) is 4.84 Å². The first-order chi connectivity index (χ1) is 4.79. The molecule has 1 fully saturated rings. The van der Waals surface area contributed by atoms with Gasteiger partial charge in [0.1, 0.15) is 0 Å². The summed E-state index contributed by atoms with van der Waals surface area (Å²) in [5.74, 6) is -0.207. The van der Waals surface area contributed by atoms with Crippen molar-refractivity contribution in [3.05, 3.63) is 0 Å². The van der Waals surface area contributed by atoms with Crippen LogP contribution in [0.5, 0.6) is 0 Å². The molecular formula is C7H14ClNO2. The number of hydrogen-bond donors (Lipinski definition) is 0. The minimum atomic E-state index is -0.207.